The molecule has 0 bridgehead atoms. The standard InChI is InChI=1S/C12H24O10P2/c1-3-9(23(17,18)19)5-8(12(15)16)6-10(24(20,21)22)4-7(2)11(13)14/h7-10H,3-6H2,1-2H3,(H,13,14)(H,15,16)(H2,17,18,19)(H2,20,21,22)/p-6. The smallest absolute Gasteiger partial charge is 0.0445 e. The maximum absolute atomic E-state index is 11.3. The van der Waals surface area contributed by atoms with Gasteiger partial charge in [-0.3, -0.25) is 0 Å². The zero-order valence-corrected chi connectivity index (χ0v) is 14.9. The molecule has 0 aliphatic carbocycles. The van der Waals surface area contributed by atoms with E-state index in [1.807, 2.05) is 0 Å². The molecule has 0 aliphatic heterocycles. The molecule has 142 valence electrons. The van der Waals surface area contributed by atoms with Gasteiger partial charge in [0.15, 0.2) is 0 Å². The van der Waals surface area contributed by atoms with Crippen molar-refractivity contribution in [2.75, 3.05) is 0 Å². The van der Waals surface area contributed by atoms with Gasteiger partial charge >= 0.3 is 0 Å². The summed E-state index contributed by atoms with van der Waals surface area (Å²) >= 11 is 0. The fourth-order valence-electron chi connectivity index (χ4n) is 2.32. The molecular formula is C12H18O10P2-6. The van der Waals surface area contributed by atoms with E-state index in [0.29, 0.717) is 0 Å². The summed E-state index contributed by atoms with van der Waals surface area (Å²) < 4.78 is 22.3. The van der Waals surface area contributed by atoms with Crippen molar-refractivity contribution in [2.45, 2.75) is 50.8 Å². The van der Waals surface area contributed by atoms with Crippen molar-refractivity contribution in [3.8, 4) is 0 Å². The molecular weight excluding hydrogens is 366 g/mol. The van der Waals surface area contributed by atoms with Gasteiger partial charge in [-0.05, 0) is 48.8 Å². The monoisotopic (exact) mass is 384 g/mol. The third-order valence-electron chi connectivity index (χ3n) is 3.84. The van der Waals surface area contributed by atoms with Crippen molar-refractivity contribution in [1.82, 2.24) is 0 Å². The second-order valence-electron chi connectivity index (χ2n) is 5.74. The maximum atomic E-state index is 11.3. The Morgan fingerprint density at radius 1 is 0.833 bits per heavy atom. The van der Waals surface area contributed by atoms with Crippen LogP contribution in [0.25, 0.3) is 0 Å². The minimum atomic E-state index is -5.36. The highest BCUT2D eigenvalue weighted by Crippen LogP contribution is 2.43. The summed E-state index contributed by atoms with van der Waals surface area (Å²) in [6, 6.07) is 0. The lowest BCUT2D eigenvalue weighted by Gasteiger charge is -2.43. The molecule has 0 spiro atoms. The molecule has 0 aromatic rings. The van der Waals surface area contributed by atoms with Gasteiger partial charge in [0.2, 0.25) is 0 Å². The Labute approximate surface area is 139 Å². The zero-order valence-electron chi connectivity index (χ0n) is 13.1. The van der Waals surface area contributed by atoms with Crippen LogP contribution >= 0.6 is 15.2 Å². The average Bonchev–Trinajstić information content (AvgIpc) is 2.38. The van der Waals surface area contributed by atoms with E-state index in [-0.39, 0.29) is 6.42 Å². The van der Waals surface area contributed by atoms with E-state index < -0.39 is 69.5 Å². The van der Waals surface area contributed by atoms with Crippen LogP contribution < -0.4 is 29.8 Å². The molecule has 0 saturated carbocycles. The largest absolute Gasteiger partial charge is 0.811 e. The molecule has 4 atom stereocenters. The molecule has 0 aliphatic rings. The Hall–Kier alpha value is -0.760. The van der Waals surface area contributed by atoms with Gasteiger partial charge in [-0.15, -0.1) is 0 Å². The molecule has 0 aromatic heterocycles. The van der Waals surface area contributed by atoms with Crippen LogP contribution in [0.4, 0.5) is 0 Å². The molecule has 0 aromatic carbocycles. The summed E-state index contributed by atoms with van der Waals surface area (Å²) in [5.41, 5.74) is -3.42. The lowest BCUT2D eigenvalue weighted by Crippen LogP contribution is -2.40. The van der Waals surface area contributed by atoms with Gasteiger partial charge in [0.1, 0.15) is 0 Å². The van der Waals surface area contributed by atoms with Gasteiger partial charge in [-0.25, -0.2) is 0 Å². The predicted molar refractivity (Wildman–Crippen MR) is 69.6 cm³/mol. The number of carbonyl (C=O) groups is 2. The van der Waals surface area contributed by atoms with Crippen LogP contribution in [-0.2, 0) is 18.7 Å². The molecule has 0 radical (unpaired) electrons. The van der Waals surface area contributed by atoms with Crippen LogP contribution in [0.2, 0.25) is 0 Å². The Morgan fingerprint density at radius 3 is 1.54 bits per heavy atom. The number of hydrogen-bond donors (Lipinski definition) is 0. The van der Waals surface area contributed by atoms with Crippen LogP contribution in [0.5, 0.6) is 0 Å². The van der Waals surface area contributed by atoms with Gasteiger partial charge in [0.05, 0.1) is 0 Å². The maximum Gasteiger partial charge on any atom is 0.0445 e. The highest BCUT2D eigenvalue weighted by atomic mass is 31.2. The van der Waals surface area contributed by atoms with Crippen molar-refractivity contribution in [1.29, 1.82) is 0 Å². The normalized spacial score (nSPS) is 17.8. The molecule has 0 rings (SSSR count). The second kappa shape index (κ2) is 9.08. The van der Waals surface area contributed by atoms with Crippen LogP contribution in [0.3, 0.4) is 0 Å². The summed E-state index contributed by atoms with van der Waals surface area (Å²) in [6.45, 7) is 2.42. The number of aliphatic carboxylic acids is 2. The highest BCUT2D eigenvalue weighted by molar-refractivity contribution is 7.49. The van der Waals surface area contributed by atoms with E-state index in [9.17, 15) is 48.5 Å². The summed E-state index contributed by atoms with van der Waals surface area (Å²) in [4.78, 5) is 66.5. The van der Waals surface area contributed by atoms with Gasteiger partial charge in [0.25, 0.3) is 0 Å². The first-order valence-corrected chi connectivity index (χ1v) is 10.4. The van der Waals surface area contributed by atoms with Gasteiger partial charge in [-0.1, -0.05) is 29.0 Å². The Bertz CT molecular complexity index is 536. The number of hydrogen-bond acceptors (Lipinski definition) is 10. The van der Waals surface area contributed by atoms with E-state index in [0.717, 1.165) is 6.92 Å². The lowest BCUT2D eigenvalue weighted by atomic mass is 9.93. The van der Waals surface area contributed by atoms with Crippen molar-refractivity contribution in [3.63, 3.8) is 0 Å². The summed E-state index contributed by atoms with van der Waals surface area (Å²) in [5.74, 6) is -6.46. The number of carboxylic acids is 2. The van der Waals surface area contributed by atoms with E-state index >= 15 is 0 Å². The quantitative estimate of drug-likeness (QED) is 0.314. The highest BCUT2D eigenvalue weighted by Gasteiger charge is 2.25. The first-order valence-electron chi connectivity index (χ1n) is 7.15. The number of carbonyl (C=O) groups excluding carboxylic acids is 2. The van der Waals surface area contributed by atoms with E-state index in [1.54, 1.807) is 0 Å². The van der Waals surface area contributed by atoms with Gasteiger partial charge in [-0.2, -0.15) is 0 Å². The topological polar surface area (TPSA) is 207 Å². The summed E-state index contributed by atoms with van der Waals surface area (Å²) in [5, 5.41) is 21.8. The fraction of sp³-hybridized carbons (Fsp3) is 0.833. The van der Waals surface area contributed by atoms with E-state index in [4.69, 9.17) is 0 Å². The van der Waals surface area contributed by atoms with Crippen molar-refractivity contribution < 1.29 is 48.5 Å². The first kappa shape index (κ1) is 23.2. The summed E-state index contributed by atoms with van der Waals surface area (Å²) in [6.07, 6.45) is -2.42. The molecule has 24 heavy (non-hydrogen) atoms. The Morgan fingerprint density at radius 2 is 1.25 bits per heavy atom. The minimum Gasteiger partial charge on any atom is -0.811 e. The molecule has 12 heteroatoms. The molecule has 0 fully saturated rings. The van der Waals surface area contributed by atoms with Gasteiger partial charge < -0.3 is 48.5 Å². The molecule has 0 heterocycles. The molecule has 0 N–H and O–H groups in total. The number of carboxylic acid groups (broad SMARTS) is 2. The van der Waals surface area contributed by atoms with Crippen molar-refractivity contribution in [3.05, 3.63) is 0 Å². The van der Waals surface area contributed by atoms with E-state index in [1.165, 1.54) is 6.92 Å². The molecule has 0 saturated heterocycles. The Kier molecular flexibility index (Phi) is 8.79. The van der Waals surface area contributed by atoms with Crippen LogP contribution in [0.15, 0.2) is 0 Å². The molecule has 10 nitrogen and oxygen atoms in total. The predicted octanol–water partition coefficient (Wildman–Crippen LogP) is -4.12. The fourth-order valence-corrected chi connectivity index (χ4v) is 4.37. The first-order chi connectivity index (χ1) is 10.7. The third kappa shape index (κ3) is 7.88. The Balaban J connectivity index is 5.35. The van der Waals surface area contributed by atoms with Crippen molar-refractivity contribution >= 4 is 27.1 Å². The lowest BCUT2D eigenvalue weighted by molar-refractivity contribution is -0.319. The second-order valence-corrected chi connectivity index (χ2v) is 9.36. The molecule has 4 unspecified atom stereocenters. The van der Waals surface area contributed by atoms with Crippen LogP contribution in [0, 0.1) is 11.8 Å². The van der Waals surface area contributed by atoms with Crippen molar-refractivity contribution in [2.24, 2.45) is 11.8 Å². The molecule has 0 amide bonds. The summed E-state index contributed by atoms with van der Waals surface area (Å²) in [7, 11) is -10.5. The average molecular weight is 384 g/mol. The number of rotatable bonds is 11. The van der Waals surface area contributed by atoms with Gasteiger partial charge in [0, 0.05) is 11.9 Å². The minimum absolute atomic E-state index is 0.194. The SMILES string of the molecule is CCC(CC(CC(CC(C)C(=O)[O-])P(=O)([O-])[O-])C(=O)[O-])P(=O)([O-])[O-]. The van der Waals surface area contributed by atoms with Crippen LogP contribution in [-0.4, -0.2) is 23.3 Å². The third-order valence-corrected chi connectivity index (χ3v) is 6.63. The van der Waals surface area contributed by atoms with Crippen LogP contribution in [0.1, 0.15) is 39.5 Å². The van der Waals surface area contributed by atoms with E-state index in [2.05, 4.69) is 0 Å². The zero-order chi connectivity index (χ0) is 19.3.